The first-order chi connectivity index (χ1) is 14.6. The van der Waals surface area contributed by atoms with Gasteiger partial charge in [0.1, 0.15) is 5.60 Å². The van der Waals surface area contributed by atoms with Crippen molar-refractivity contribution in [1.82, 2.24) is 9.62 Å². The summed E-state index contributed by atoms with van der Waals surface area (Å²) in [6, 6.07) is 7.02. The van der Waals surface area contributed by atoms with Crippen molar-refractivity contribution >= 4 is 21.8 Å². The zero-order chi connectivity index (χ0) is 22.6. The zero-order valence-corrected chi connectivity index (χ0v) is 19.5. The Hall–Kier alpha value is -1.84. The molecule has 0 atom stereocenters. The number of sulfonamides is 1. The van der Waals surface area contributed by atoms with E-state index in [4.69, 9.17) is 4.74 Å². The van der Waals surface area contributed by atoms with Gasteiger partial charge in [0.05, 0.1) is 4.90 Å². The number of aliphatic hydroxyl groups excluding tert-OH is 1. The number of nitrogens with zero attached hydrogens (tertiary/aromatic N) is 2. The van der Waals surface area contributed by atoms with E-state index in [2.05, 4.69) is 10.2 Å². The Morgan fingerprint density at radius 3 is 2.35 bits per heavy atom. The summed E-state index contributed by atoms with van der Waals surface area (Å²) in [6.07, 6.45) is 2.45. The molecule has 31 heavy (non-hydrogen) atoms. The van der Waals surface area contributed by atoms with E-state index in [0.717, 1.165) is 31.6 Å². The third kappa shape index (κ3) is 6.33. The van der Waals surface area contributed by atoms with E-state index in [0.29, 0.717) is 36.7 Å². The molecule has 0 radical (unpaired) electrons. The first-order valence-corrected chi connectivity index (χ1v) is 12.5. The molecule has 9 heteroatoms. The molecule has 0 bridgehead atoms. The average molecular weight is 454 g/mol. The van der Waals surface area contributed by atoms with E-state index in [9.17, 15) is 18.3 Å². The second kappa shape index (κ2) is 9.75. The van der Waals surface area contributed by atoms with Crippen molar-refractivity contribution < 1.29 is 23.1 Å². The van der Waals surface area contributed by atoms with Crippen molar-refractivity contribution in [3.8, 4) is 0 Å². The fourth-order valence-corrected chi connectivity index (χ4v) is 5.59. The van der Waals surface area contributed by atoms with Crippen molar-refractivity contribution in [1.29, 1.82) is 0 Å². The molecule has 1 aromatic carbocycles. The van der Waals surface area contributed by atoms with Gasteiger partial charge in [-0.1, -0.05) is 6.07 Å². The Balaban J connectivity index is 1.59. The lowest BCUT2D eigenvalue weighted by Crippen LogP contribution is -2.47. The fraction of sp³-hybridized carbons (Fsp3) is 0.682. The number of carbonyl (C=O) groups is 1. The van der Waals surface area contributed by atoms with Gasteiger partial charge in [0.15, 0.2) is 0 Å². The third-order valence-electron chi connectivity index (χ3n) is 5.87. The molecule has 0 unspecified atom stereocenters. The molecule has 2 aliphatic rings. The maximum Gasteiger partial charge on any atom is 0.407 e. The Morgan fingerprint density at radius 1 is 1.13 bits per heavy atom. The number of anilines is 1. The number of amides is 1. The number of rotatable bonds is 5. The number of hydrogen-bond acceptors (Lipinski definition) is 6. The van der Waals surface area contributed by atoms with Gasteiger partial charge in [-0.3, -0.25) is 0 Å². The number of ether oxygens (including phenoxy) is 1. The van der Waals surface area contributed by atoms with Crippen LogP contribution in [0.15, 0.2) is 29.2 Å². The highest BCUT2D eigenvalue weighted by Gasteiger charge is 2.31. The van der Waals surface area contributed by atoms with Crippen molar-refractivity contribution in [3.05, 3.63) is 24.3 Å². The van der Waals surface area contributed by atoms with Gasteiger partial charge < -0.3 is 20.1 Å². The molecule has 2 fully saturated rings. The molecule has 0 aliphatic carbocycles. The normalized spacial score (nSPS) is 19.9. The lowest BCUT2D eigenvalue weighted by atomic mass is 9.97. The lowest BCUT2D eigenvalue weighted by Gasteiger charge is -2.34. The summed E-state index contributed by atoms with van der Waals surface area (Å²) >= 11 is 0. The van der Waals surface area contributed by atoms with Crippen LogP contribution in [0.4, 0.5) is 10.5 Å². The lowest BCUT2D eigenvalue weighted by molar-refractivity contribution is 0.0489. The first kappa shape index (κ1) is 23.8. The van der Waals surface area contributed by atoms with Gasteiger partial charge in [-0.25, -0.2) is 13.2 Å². The third-order valence-corrected chi connectivity index (χ3v) is 7.76. The molecule has 8 nitrogen and oxygen atoms in total. The van der Waals surface area contributed by atoms with Crippen molar-refractivity contribution in [2.24, 2.45) is 5.92 Å². The fourth-order valence-electron chi connectivity index (χ4n) is 4.08. The number of carbonyl (C=O) groups excluding carboxylic acids is 1. The maximum absolute atomic E-state index is 13.2. The van der Waals surface area contributed by atoms with Gasteiger partial charge in [-0.2, -0.15) is 4.31 Å². The quantitative estimate of drug-likeness (QED) is 0.711. The van der Waals surface area contributed by atoms with Crippen LogP contribution in [0.1, 0.15) is 46.5 Å². The van der Waals surface area contributed by atoms with Gasteiger partial charge in [0.2, 0.25) is 10.0 Å². The van der Waals surface area contributed by atoms with Crippen molar-refractivity contribution in [3.63, 3.8) is 0 Å². The SMILES string of the molecule is CC(C)(C)OC(=O)NC1CCN(S(=O)(=O)c2cccc(N3CCC(CO)CC3)c2)CC1. The van der Waals surface area contributed by atoms with E-state index in [1.165, 1.54) is 4.31 Å². The summed E-state index contributed by atoms with van der Waals surface area (Å²) in [5.74, 6) is 0.332. The highest BCUT2D eigenvalue weighted by Crippen LogP contribution is 2.27. The van der Waals surface area contributed by atoms with Crippen molar-refractivity contribution in [2.75, 3.05) is 37.7 Å². The largest absolute Gasteiger partial charge is 0.444 e. The predicted molar refractivity (Wildman–Crippen MR) is 120 cm³/mol. The van der Waals surface area contributed by atoms with E-state index < -0.39 is 21.7 Å². The molecule has 0 aromatic heterocycles. The van der Waals surface area contributed by atoms with Crippen LogP contribution in [0.5, 0.6) is 0 Å². The molecule has 1 aromatic rings. The summed E-state index contributed by atoms with van der Waals surface area (Å²) in [6.45, 7) is 7.98. The molecule has 0 spiro atoms. The van der Waals surface area contributed by atoms with Crippen LogP contribution in [-0.2, 0) is 14.8 Å². The molecule has 3 rings (SSSR count). The topological polar surface area (TPSA) is 99.2 Å². The highest BCUT2D eigenvalue weighted by atomic mass is 32.2. The van der Waals surface area contributed by atoms with Crippen molar-refractivity contribution in [2.45, 2.75) is 63.0 Å². The Kier molecular flexibility index (Phi) is 7.49. The first-order valence-electron chi connectivity index (χ1n) is 11.0. The van der Waals surface area contributed by atoms with Crippen LogP contribution in [0, 0.1) is 5.92 Å². The van der Waals surface area contributed by atoms with Crippen LogP contribution in [-0.4, -0.2) is 68.4 Å². The minimum atomic E-state index is -3.60. The zero-order valence-electron chi connectivity index (χ0n) is 18.7. The molecule has 0 saturated carbocycles. The molecule has 174 valence electrons. The number of benzene rings is 1. The molecular formula is C22H35N3O5S. The summed E-state index contributed by atoms with van der Waals surface area (Å²) in [4.78, 5) is 14.5. The molecule has 1 amide bonds. The minimum absolute atomic E-state index is 0.0968. The predicted octanol–water partition coefficient (Wildman–Crippen LogP) is 2.57. The summed E-state index contributed by atoms with van der Waals surface area (Å²) in [5, 5.41) is 12.2. The minimum Gasteiger partial charge on any atom is -0.444 e. The highest BCUT2D eigenvalue weighted by molar-refractivity contribution is 7.89. The number of alkyl carbamates (subject to hydrolysis) is 1. The van der Waals surface area contributed by atoms with Crippen LogP contribution < -0.4 is 10.2 Å². The monoisotopic (exact) mass is 453 g/mol. The number of aliphatic hydroxyl groups is 1. The van der Waals surface area contributed by atoms with Gasteiger partial charge in [-0.15, -0.1) is 0 Å². The maximum atomic E-state index is 13.2. The molecule has 2 aliphatic heterocycles. The van der Waals surface area contributed by atoms with E-state index in [1.54, 1.807) is 18.2 Å². The summed E-state index contributed by atoms with van der Waals surface area (Å²) in [7, 11) is -3.60. The van der Waals surface area contributed by atoms with Crippen LogP contribution in [0.25, 0.3) is 0 Å². The Morgan fingerprint density at radius 2 is 1.77 bits per heavy atom. The smallest absolute Gasteiger partial charge is 0.407 e. The van der Waals surface area contributed by atoms with Crippen LogP contribution >= 0.6 is 0 Å². The molecule has 2 N–H and O–H groups in total. The van der Waals surface area contributed by atoms with Gasteiger partial charge >= 0.3 is 6.09 Å². The summed E-state index contributed by atoms with van der Waals surface area (Å²) in [5.41, 5.74) is 0.339. The van der Waals surface area contributed by atoms with E-state index in [-0.39, 0.29) is 12.6 Å². The molecule has 2 saturated heterocycles. The number of hydrogen-bond donors (Lipinski definition) is 2. The van der Waals surface area contributed by atoms with Crippen LogP contribution in [0.2, 0.25) is 0 Å². The molecular weight excluding hydrogens is 418 g/mol. The van der Waals surface area contributed by atoms with E-state index in [1.807, 2.05) is 26.8 Å². The standard InChI is InChI=1S/C22H35N3O5S/c1-22(2,3)30-21(27)23-18-9-13-25(14-10-18)31(28,29)20-6-4-5-19(15-20)24-11-7-17(16-26)8-12-24/h4-6,15,17-18,26H,7-14,16H2,1-3H3,(H,23,27). The summed E-state index contributed by atoms with van der Waals surface area (Å²) < 4.78 is 33.2. The van der Waals surface area contributed by atoms with Gasteiger partial charge in [0.25, 0.3) is 0 Å². The van der Waals surface area contributed by atoms with Gasteiger partial charge in [-0.05, 0) is 70.6 Å². The molecule has 2 heterocycles. The second-order valence-electron chi connectivity index (χ2n) is 9.43. The Bertz CT molecular complexity index is 852. The number of nitrogens with one attached hydrogen (secondary N) is 1. The van der Waals surface area contributed by atoms with E-state index >= 15 is 0 Å². The second-order valence-corrected chi connectivity index (χ2v) is 11.4. The Labute approximate surface area is 185 Å². The average Bonchev–Trinajstić information content (AvgIpc) is 2.73. The number of piperidine rings is 2. The van der Waals surface area contributed by atoms with Crippen LogP contribution in [0.3, 0.4) is 0 Å². The van der Waals surface area contributed by atoms with Gasteiger partial charge in [0, 0.05) is 44.5 Å².